The quantitative estimate of drug-likeness (QED) is 0.795. The van der Waals surface area contributed by atoms with Crippen LogP contribution in [0.1, 0.15) is 18.4 Å². The zero-order chi connectivity index (χ0) is 11.4. The molecule has 2 heterocycles. The van der Waals surface area contributed by atoms with E-state index in [2.05, 4.69) is 25.8 Å². The van der Waals surface area contributed by atoms with Crippen molar-refractivity contribution >= 4 is 15.9 Å². The van der Waals surface area contributed by atoms with Crippen LogP contribution in [0.3, 0.4) is 0 Å². The normalized spacial score (nSPS) is 18.9. The molecule has 1 aliphatic heterocycles. The van der Waals surface area contributed by atoms with Crippen LogP contribution in [-0.2, 0) is 6.54 Å². The average molecular weight is 287 g/mol. The summed E-state index contributed by atoms with van der Waals surface area (Å²) in [6.45, 7) is 3.03. The first kappa shape index (κ1) is 12.0. The van der Waals surface area contributed by atoms with Gasteiger partial charge in [-0.2, -0.15) is 0 Å². The number of hydrogen-bond donors (Lipinski definition) is 0. The first-order chi connectivity index (χ1) is 7.78. The van der Waals surface area contributed by atoms with Crippen molar-refractivity contribution in [3.05, 3.63) is 29.8 Å². The monoisotopic (exact) mass is 286 g/mol. The molecule has 0 bridgehead atoms. The Hall–Kier alpha value is -0.480. The van der Waals surface area contributed by atoms with E-state index in [0.717, 1.165) is 36.4 Å². The lowest BCUT2D eigenvalue weighted by atomic mass is 9.99. The molecule has 88 valence electrons. The highest BCUT2D eigenvalue weighted by Gasteiger charge is 2.18. The van der Waals surface area contributed by atoms with Crippen LogP contribution < -0.4 is 0 Å². The van der Waals surface area contributed by atoms with E-state index in [1.165, 1.54) is 19.0 Å². The molecule has 1 aromatic heterocycles. The van der Waals surface area contributed by atoms with Gasteiger partial charge < -0.3 is 0 Å². The number of piperidine rings is 1. The van der Waals surface area contributed by atoms with Crippen molar-refractivity contribution < 1.29 is 4.39 Å². The zero-order valence-corrected chi connectivity index (χ0v) is 10.8. The molecule has 0 unspecified atom stereocenters. The zero-order valence-electron chi connectivity index (χ0n) is 9.20. The fraction of sp³-hybridized carbons (Fsp3) is 0.583. The number of nitrogens with zero attached hydrogens (tertiary/aromatic N) is 2. The summed E-state index contributed by atoms with van der Waals surface area (Å²) in [6, 6.07) is 1.57. The second kappa shape index (κ2) is 5.73. The van der Waals surface area contributed by atoms with Crippen LogP contribution in [0.2, 0.25) is 0 Å². The van der Waals surface area contributed by atoms with Gasteiger partial charge in [0.05, 0.1) is 6.20 Å². The van der Waals surface area contributed by atoms with Gasteiger partial charge in [-0.15, -0.1) is 0 Å². The Bertz CT molecular complexity index is 338. The van der Waals surface area contributed by atoms with Crippen LogP contribution >= 0.6 is 15.9 Å². The van der Waals surface area contributed by atoms with Crippen LogP contribution in [0.15, 0.2) is 18.5 Å². The van der Waals surface area contributed by atoms with Gasteiger partial charge in [-0.1, -0.05) is 15.9 Å². The topological polar surface area (TPSA) is 16.1 Å². The minimum absolute atomic E-state index is 0.243. The smallest absolute Gasteiger partial charge is 0.141 e. The fourth-order valence-corrected chi connectivity index (χ4v) is 2.75. The van der Waals surface area contributed by atoms with Crippen LogP contribution in [0.4, 0.5) is 4.39 Å². The molecule has 0 N–H and O–H groups in total. The highest BCUT2D eigenvalue weighted by molar-refractivity contribution is 9.09. The van der Waals surface area contributed by atoms with E-state index in [4.69, 9.17) is 0 Å². The first-order valence-corrected chi connectivity index (χ1v) is 6.78. The standard InChI is InChI=1S/C12H16BrFN2/c13-6-10-1-3-16(4-2-10)9-11-5-12(14)8-15-7-11/h5,7-8,10H,1-4,6,9H2. The SMILES string of the molecule is Fc1cncc(CN2CCC(CBr)CC2)c1. The first-order valence-electron chi connectivity index (χ1n) is 5.65. The Morgan fingerprint density at radius 1 is 1.38 bits per heavy atom. The molecule has 1 saturated heterocycles. The van der Waals surface area contributed by atoms with E-state index in [1.54, 1.807) is 12.3 Å². The van der Waals surface area contributed by atoms with Crippen LogP contribution in [0.5, 0.6) is 0 Å². The molecule has 1 fully saturated rings. The largest absolute Gasteiger partial charge is 0.299 e. The van der Waals surface area contributed by atoms with Gasteiger partial charge in [0.25, 0.3) is 0 Å². The second-order valence-electron chi connectivity index (χ2n) is 4.39. The fourth-order valence-electron chi connectivity index (χ4n) is 2.10. The lowest BCUT2D eigenvalue weighted by Crippen LogP contribution is -2.33. The number of pyridine rings is 1. The molecule has 0 radical (unpaired) electrons. The minimum atomic E-state index is -0.243. The summed E-state index contributed by atoms with van der Waals surface area (Å²) in [5, 5.41) is 1.10. The highest BCUT2D eigenvalue weighted by atomic mass is 79.9. The Morgan fingerprint density at radius 2 is 2.12 bits per heavy atom. The van der Waals surface area contributed by atoms with Crippen molar-refractivity contribution in [1.29, 1.82) is 0 Å². The summed E-state index contributed by atoms with van der Waals surface area (Å²) in [6.07, 6.45) is 5.46. The second-order valence-corrected chi connectivity index (χ2v) is 5.03. The third kappa shape index (κ3) is 3.25. The molecule has 16 heavy (non-hydrogen) atoms. The summed E-state index contributed by atoms with van der Waals surface area (Å²) in [5.74, 6) is 0.565. The maximum atomic E-state index is 13.0. The number of hydrogen-bond acceptors (Lipinski definition) is 2. The molecular formula is C12H16BrFN2. The Morgan fingerprint density at radius 3 is 2.75 bits per heavy atom. The summed E-state index contributed by atoms with van der Waals surface area (Å²) < 4.78 is 13.0. The van der Waals surface area contributed by atoms with Crippen LogP contribution in [-0.4, -0.2) is 28.3 Å². The number of rotatable bonds is 3. The van der Waals surface area contributed by atoms with Gasteiger partial charge >= 0.3 is 0 Å². The van der Waals surface area contributed by atoms with Crippen molar-refractivity contribution in [2.45, 2.75) is 19.4 Å². The number of likely N-dealkylation sites (tertiary alicyclic amines) is 1. The van der Waals surface area contributed by atoms with E-state index < -0.39 is 0 Å². The molecule has 2 rings (SSSR count). The van der Waals surface area contributed by atoms with Crippen LogP contribution in [0.25, 0.3) is 0 Å². The molecule has 4 heteroatoms. The van der Waals surface area contributed by atoms with Crippen LogP contribution in [0, 0.1) is 11.7 Å². The Kier molecular flexibility index (Phi) is 4.29. The molecule has 0 aromatic carbocycles. The lowest BCUT2D eigenvalue weighted by Gasteiger charge is -2.30. The minimum Gasteiger partial charge on any atom is -0.299 e. The Labute approximate surface area is 104 Å². The third-order valence-electron chi connectivity index (χ3n) is 3.09. The number of alkyl halides is 1. The molecule has 0 saturated carbocycles. The van der Waals surface area contributed by atoms with Crippen molar-refractivity contribution in [3.8, 4) is 0 Å². The van der Waals surface area contributed by atoms with Gasteiger partial charge in [0.2, 0.25) is 0 Å². The van der Waals surface area contributed by atoms with Gasteiger partial charge in [-0.05, 0) is 43.5 Å². The van der Waals surface area contributed by atoms with Crippen molar-refractivity contribution in [2.24, 2.45) is 5.92 Å². The molecule has 2 nitrogen and oxygen atoms in total. The molecular weight excluding hydrogens is 271 g/mol. The molecule has 0 atom stereocenters. The van der Waals surface area contributed by atoms with E-state index in [-0.39, 0.29) is 5.82 Å². The number of aromatic nitrogens is 1. The van der Waals surface area contributed by atoms with Crippen molar-refractivity contribution in [2.75, 3.05) is 18.4 Å². The summed E-state index contributed by atoms with van der Waals surface area (Å²) in [7, 11) is 0. The molecule has 1 aromatic rings. The van der Waals surface area contributed by atoms with Crippen molar-refractivity contribution in [1.82, 2.24) is 9.88 Å². The van der Waals surface area contributed by atoms with Gasteiger partial charge in [-0.25, -0.2) is 4.39 Å². The molecule has 0 aliphatic carbocycles. The van der Waals surface area contributed by atoms with E-state index in [1.807, 2.05) is 0 Å². The van der Waals surface area contributed by atoms with Gasteiger partial charge in [0, 0.05) is 18.1 Å². The predicted octanol–water partition coefficient (Wildman–Crippen LogP) is 2.83. The van der Waals surface area contributed by atoms with Gasteiger partial charge in [0.1, 0.15) is 5.82 Å². The summed E-state index contributed by atoms with van der Waals surface area (Å²) in [4.78, 5) is 6.24. The average Bonchev–Trinajstić information content (AvgIpc) is 2.30. The van der Waals surface area contributed by atoms with Gasteiger partial charge in [-0.3, -0.25) is 9.88 Å². The molecule has 1 aliphatic rings. The molecule has 0 spiro atoms. The predicted molar refractivity (Wildman–Crippen MR) is 66.0 cm³/mol. The Balaban J connectivity index is 1.87. The van der Waals surface area contributed by atoms with Crippen molar-refractivity contribution in [3.63, 3.8) is 0 Å². The molecule has 0 amide bonds. The summed E-state index contributed by atoms with van der Waals surface area (Å²) in [5.41, 5.74) is 0.970. The maximum absolute atomic E-state index is 13.0. The highest BCUT2D eigenvalue weighted by Crippen LogP contribution is 2.20. The number of halogens is 2. The lowest BCUT2D eigenvalue weighted by molar-refractivity contribution is 0.187. The maximum Gasteiger partial charge on any atom is 0.141 e. The van der Waals surface area contributed by atoms with E-state index in [9.17, 15) is 4.39 Å². The van der Waals surface area contributed by atoms with E-state index in [0.29, 0.717) is 0 Å². The van der Waals surface area contributed by atoms with Gasteiger partial charge in [0.15, 0.2) is 0 Å². The third-order valence-corrected chi connectivity index (χ3v) is 4.01. The summed E-state index contributed by atoms with van der Waals surface area (Å²) >= 11 is 3.53. The van der Waals surface area contributed by atoms with E-state index >= 15 is 0 Å².